The second-order valence-electron chi connectivity index (χ2n) is 9.85. The number of hydrogen-bond donors (Lipinski definition) is 3. The fourth-order valence-corrected chi connectivity index (χ4v) is 4.07. The summed E-state index contributed by atoms with van der Waals surface area (Å²) in [5.41, 5.74) is -0.495. The van der Waals surface area contributed by atoms with E-state index in [-0.39, 0.29) is 42.6 Å². The lowest BCUT2D eigenvalue weighted by molar-refractivity contribution is -0.137. The van der Waals surface area contributed by atoms with E-state index < -0.39 is 35.0 Å². The normalized spacial score (nSPS) is 13.5. The Morgan fingerprint density at radius 1 is 1.13 bits per heavy atom. The van der Waals surface area contributed by atoms with Gasteiger partial charge in [0.15, 0.2) is 5.78 Å². The zero-order valence-corrected chi connectivity index (χ0v) is 22.6. The number of Topliss-reactive ketones (excluding diaryl/α,β-unsaturated/α-hetero) is 2. The molecule has 1 aliphatic rings. The number of pyridine rings is 1. The molecule has 0 aromatic carbocycles. The number of nitrogens with zero attached hydrogens (tertiary/aromatic N) is 3. The van der Waals surface area contributed by atoms with Gasteiger partial charge < -0.3 is 25.1 Å². The number of amides is 3. The lowest BCUT2D eigenvalue weighted by Crippen LogP contribution is -2.45. The largest absolute Gasteiger partial charge is 0.354 e. The lowest BCUT2D eigenvalue weighted by Gasteiger charge is -2.18. The maximum Gasteiger partial charge on any atom is 0.274 e. The molecule has 0 aliphatic heterocycles. The van der Waals surface area contributed by atoms with Gasteiger partial charge in [-0.1, -0.05) is 26.7 Å². The molecule has 1 atom stereocenters. The van der Waals surface area contributed by atoms with Gasteiger partial charge in [0.25, 0.3) is 11.5 Å². The Bertz CT molecular complexity index is 1270. The molecule has 0 radical (unpaired) electrons. The third kappa shape index (κ3) is 8.20. The lowest BCUT2D eigenvalue weighted by atomic mass is 10.0. The van der Waals surface area contributed by atoms with Crippen LogP contribution in [0.3, 0.4) is 0 Å². The summed E-state index contributed by atoms with van der Waals surface area (Å²) in [4.78, 5) is 79.6. The monoisotopic (exact) mass is 540 g/mol. The summed E-state index contributed by atoms with van der Waals surface area (Å²) >= 11 is 0. The van der Waals surface area contributed by atoms with E-state index in [0.717, 1.165) is 12.8 Å². The molecule has 3 rings (SSSR count). The van der Waals surface area contributed by atoms with E-state index in [9.17, 15) is 28.8 Å². The molecule has 39 heavy (non-hydrogen) atoms. The number of rotatable bonds is 15. The van der Waals surface area contributed by atoms with Gasteiger partial charge in [-0.3, -0.25) is 28.8 Å². The highest BCUT2D eigenvalue weighted by Crippen LogP contribution is 2.30. The summed E-state index contributed by atoms with van der Waals surface area (Å²) in [5, 5.41) is 7.91. The average molecular weight is 541 g/mol. The molecule has 2 aromatic rings. The van der Waals surface area contributed by atoms with E-state index in [2.05, 4.69) is 20.9 Å². The van der Waals surface area contributed by atoms with Gasteiger partial charge in [-0.25, -0.2) is 4.98 Å². The van der Waals surface area contributed by atoms with Gasteiger partial charge in [0.05, 0.1) is 12.5 Å². The van der Waals surface area contributed by atoms with Gasteiger partial charge in [-0.05, 0) is 37.3 Å². The average Bonchev–Trinajstić information content (AvgIpc) is 3.68. The highest BCUT2D eigenvalue weighted by molar-refractivity contribution is 6.38. The van der Waals surface area contributed by atoms with Crippen molar-refractivity contribution < 1.29 is 24.0 Å². The van der Waals surface area contributed by atoms with Gasteiger partial charge in [0.1, 0.15) is 24.0 Å². The van der Waals surface area contributed by atoms with E-state index >= 15 is 0 Å². The van der Waals surface area contributed by atoms with Crippen LogP contribution in [0.2, 0.25) is 0 Å². The molecule has 210 valence electrons. The van der Waals surface area contributed by atoms with Crippen LogP contribution in [0.5, 0.6) is 0 Å². The molecular formula is C27H36N6O6. The number of imidazole rings is 1. The molecule has 0 saturated heterocycles. The van der Waals surface area contributed by atoms with Gasteiger partial charge in [0.2, 0.25) is 17.6 Å². The van der Waals surface area contributed by atoms with Crippen molar-refractivity contribution in [1.82, 2.24) is 24.8 Å². The second-order valence-corrected chi connectivity index (χ2v) is 9.85. The third-order valence-corrected chi connectivity index (χ3v) is 6.89. The minimum Gasteiger partial charge on any atom is -0.354 e. The minimum atomic E-state index is -1.21. The quantitative estimate of drug-likeness (QED) is 0.286. The molecule has 12 nitrogen and oxygen atoms in total. The van der Waals surface area contributed by atoms with Gasteiger partial charge >= 0.3 is 0 Å². The Hall–Kier alpha value is -4.09. The number of carbonyl (C=O) groups is 5. The molecule has 0 spiro atoms. The van der Waals surface area contributed by atoms with Crippen molar-refractivity contribution in [3.63, 3.8) is 0 Å². The van der Waals surface area contributed by atoms with Crippen LogP contribution in [0, 0.1) is 11.8 Å². The molecule has 1 saturated carbocycles. The van der Waals surface area contributed by atoms with Crippen molar-refractivity contribution >= 4 is 35.0 Å². The second kappa shape index (κ2) is 13.6. The van der Waals surface area contributed by atoms with Crippen molar-refractivity contribution in [1.29, 1.82) is 0 Å². The van der Waals surface area contributed by atoms with E-state index in [1.807, 2.05) is 13.8 Å². The predicted octanol–water partition coefficient (Wildman–Crippen LogP) is 1.20. The van der Waals surface area contributed by atoms with Gasteiger partial charge in [-0.2, -0.15) is 0 Å². The maximum atomic E-state index is 13.2. The molecule has 1 fully saturated rings. The molecule has 12 heteroatoms. The molecule has 2 heterocycles. The van der Waals surface area contributed by atoms with E-state index in [4.69, 9.17) is 0 Å². The first kappa shape index (κ1) is 29.5. The van der Waals surface area contributed by atoms with Gasteiger partial charge in [-0.15, -0.1) is 0 Å². The Kier molecular flexibility index (Phi) is 10.3. The van der Waals surface area contributed by atoms with Crippen molar-refractivity contribution in [3.8, 4) is 0 Å². The molecule has 1 aliphatic carbocycles. The van der Waals surface area contributed by atoms with Crippen LogP contribution in [0.1, 0.15) is 62.9 Å². The number of hydrogen-bond acceptors (Lipinski definition) is 7. The molecular weight excluding hydrogens is 504 g/mol. The molecule has 3 N–H and O–H groups in total. The Morgan fingerprint density at radius 3 is 2.46 bits per heavy atom. The van der Waals surface area contributed by atoms with Crippen molar-refractivity contribution in [2.24, 2.45) is 18.9 Å². The Balaban J connectivity index is 1.70. The third-order valence-electron chi connectivity index (χ3n) is 6.89. The summed E-state index contributed by atoms with van der Waals surface area (Å²) in [7, 11) is 1.61. The Morgan fingerprint density at radius 2 is 1.85 bits per heavy atom. The standard InChI is InChI=1S/C27H36N6O6/c1-4-17(5-2)13-29-23(35)15-33-12-6-7-20(27(33)39)31-25(37)19(10-11-22(34)24(36)18-8-9-18)30-26(38)21-14-28-16-32(21)3/h6-7,12,14,16-19H,4-5,8-11,13,15H2,1-3H3,(H,29,35)(H,30,38)(H,31,37)/t19-/m0/s1. The fourth-order valence-electron chi connectivity index (χ4n) is 4.07. The van der Waals surface area contributed by atoms with Crippen LogP contribution in [0.25, 0.3) is 0 Å². The smallest absolute Gasteiger partial charge is 0.274 e. The number of aryl methyl sites for hydroxylation is 1. The first-order valence-corrected chi connectivity index (χ1v) is 13.3. The van der Waals surface area contributed by atoms with Crippen LogP contribution in [-0.2, 0) is 32.8 Å². The number of aromatic nitrogens is 3. The van der Waals surface area contributed by atoms with Crippen LogP contribution in [0.4, 0.5) is 5.69 Å². The molecule has 0 bridgehead atoms. The summed E-state index contributed by atoms with van der Waals surface area (Å²) in [6, 6.07) is 1.70. The van der Waals surface area contributed by atoms with E-state index in [1.54, 1.807) is 7.05 Å². The van der Waals surface area contributed by atoms with Crippen LogP contribution >= 0.6 is 0 Å². The van der Waals surface area contributed by atoms with Crippen molar-refractivity contribution in [3.05, 3.63) is 46.9 Å². The van der Waals surface area contributed by atoms with Crippen molar-refractivity contribution in [2.45, 2.75) is 65.0 Å². The highest BCUT2D eigenvalue weighted by atomic mass is 16.2. The van der Waals surface area contributed by atoms with Crippen LogP contribution < -0.4 is 21.5 Å². The predicted molar refractivity (Wildman–Crippen MR) is 143 cm³/mol. The first-order chi connectivity index (χ1) is 18.6. The van der Waals surface area contributed by atoms with Crippen molar-refractivity contribution in [2.75, 3.05) is 11.9 Å². The van der Waals surface area contributed by atoms with E-state index in [0.29, 0.717) is 25.3 Å². The number of nitrogens with one attached hydrogen (secondary N) is 3. The zero-order chi connectivity index (χ0) is 28.5. The highest BCUT2D eigenvalue weighted by Gasteiger charge is 2.34. The fraction of sp³-hybridized carbons (Fsp3) is 0.519. The molecule has 0 unspecified atom stereocenters. The first-order valence-electron chi connectivity index (χ1n) is 13.3. The maximum absolute atomic E-state index is 13.2. The topological polar surface area (TPSA) is 161 Å². The molecule has 2 aromatic heterocycles. The summed E-state index contributed by atoms with van der Waals surface area (Å²) in [5.74, 6) is -2.61. The van der Waals surface area contributed by atoms with Crippen LogP contribution in [0.15, 0.2) is 35.6 Å². The number of anilines is 1. The summed E-state index contributed by atoms with van der Waals surface area (Å²) in [6.45, 7) is 4.38. The van der Waals surface area contributed by atoms with Crippen LogP contribution in [-0.4, -0.2) is 56.0 Å². The summed E-state index contributed by atoms with van der Waals surface area (Å²) in [6.07, 6.45) is 7.06. The number of carbonyl (C=O) groups excluding carboxylic acids is 5. The van der Waals surface area contributed by atoms with E-state index in [1.165, 1.54) is 40.0 Å². The number of ketones is 2. The molecule has 3 amide bonds. The zero-order valence-electron chi connectivity index (χ0n) is 22.6. The van der Waals surface area contributed by atoms with Gasteiger partial charge in [0, 0.05) is 32.1 Å². The Labute approximate surface area is 226 Å². The SMILES string of the molecule is CCC(CC)CNC(=O)Cn1cccc(NC(=O)[C@H](CCC(=O)C(=O)C2CC2)NC(=O)c2cncn2C)c1=O. The minimum absolute atomic E-state index is 0.0875. The summed E-state index contributed by atoms with van der Waals surface area (Å²) < 4.78 is 2.65.